The Morgan fingerprint density at radius 3 is 2.57 bits per heavy atom. The largest absolute Gasteiger partial charge is 0.349 e. The van der Waals surface area contributed by atoms with Gasteiger partial charge in [-0.25, -0.2) is 4.79 Å². The molecule has 7 nitrogen and oxygen atoms in total. The lowest BCUT2D eigenvalue weighted by molar-refractivity contribution is 0.0919. The molecule has 188 valence electrons. The number of carbonyl (C=O) groups excluding carboxylic acids is 1. The number of nitrogens with one attached hydrogen (secondary N) is 1. The lowest BCUT2D eigenvalue weighted by Crippen LogP contribution is -2.39. The Bertz CT molecular complexity index is 1590. The maximum Gasteiger partial charge on any atom is 0.333 e. The molecule has 4 aromatic rings. The van der Waals surface area contributed by atoms with Gasteiger partial charge in [-0.05, 0) is 81.3 Å². The Morgan fingerprint density at radius 1 is 1.11 bits per heavy atom. The number of nitrogens with zero attached hydrogens (tertiary/aromatic N) is 4. The number of fused-ring (bicyclic) bond motifs is 1. The summed E-state index contributed by atoms with van der Waals surface area (Å²) in [4.78, 5) is 30.6. The fraction of sp³-hybridized carbons (Fsp3) is 0.310. The quantitative estimate of drug-likeness (QED) is 0.391. The Kier molecular flexibility index (Phi) is 6.86. The number of aryl methyl sites for hydroxylation is 2. The van der Waals surface area contributed by atoms with E-state index in [1.807, 2.05) is 54.0 Å². The second-order valence-electron chi connectivity index (χ2n) is 9.83. The van der Waals surface area contributed by atoms with Crippen molar-refractivity contribution in [2.24, 2.45) is 5.92 Å². The number of hydrogen-bond acceptors (Lipinski definition) is 4. The Morgan fingerprint density at radius 2 is 1.84 bits per heavy atom. The number of nitriles is 1. The number of para-hydroxylation sites is 2. The van der Waals surface area contributed by atoms with Gasteiger partial charge in [-0.3, -0.25) is 18.9 Å². The van der Waals surface area contributed by atoms with Crippen molar-refractivity contribution in [3.8, 4) is 11.8 Å². The summed E-state index contributed by atoms with van der Waals surface area (Å²) in [5.41, 5.74) is 4.72. The third kappa shape index (κ3) is 4.90. The lowest BCUT2D eigenvalue weighted by Gasteiger charge is -2.29. The molecule has 1 saturated carbocycles. The molecule has 0 spiro atoms. The standard InChI is InChI=1S/C29H28ClN5O2/c1-18-7-12-25(21(13-18)15-31)35-27-6-4-3-5-26(27)34(29(35)37)17-20-8-10-23(11-9-20)33-28(36)24-14-22(30)16-32-19(24)2/h3-7,12-14,16,20,23H,8-11,17H2,1-2H3,(H,33,36)/t20-,23-. The van der Waals surface area contributed by atoms with Crippen molar-refractivity contribution >= 4 is 28.5 Å². The molecular weight excluding hydrogens is 486 g/mol. The molecule has 1 fully saturated rings. The summed E-state index contributed by atoms with van der Waals surface area (Å²) < 4.78 is 3.49. The van der Waals surface area contributed by atoms with Gasteiger partial charge in [-0.15, -0.1) is 0 Å². The monoisotopic (exact) mass is 513 g/mol. The summed E-state index contributed by atoms with van der Waals surface area (Å²) in [6, 6.07) is 17.3. The van der Waals surface area contributed by atoms with Crippen molar-refractivity contribution in [1.29, 1.82) is 5.26 Å². The van der Waals surface area contributed by atoms with E-state index < -0.39 is 0 Å². The van der Waals surface area contributed by atoms with E-state index in [2.05, 4.69) is 16.4 Å². The summed E-state index contributed by atoms with van der Waals surface area (Å²) >= 11 is 6.03. The third-order valence-corrected chi connectivity index (χ3v) is 7.48. The minimum absolute atomic E-state index is 0.0749. The minimum atomic E-state index is -0.151. The smallest absolute Gasteiger partial charge is 0.333 e. The van der Waals surface area contributed by atoms with Gasteiger partial charge in [-0.1, -0.05) is 29.8 Å². The average molecular weight is 514 g/mol. The molecule has 2 aromatic carbocycles. The van der Waals surface area contributed by atoms with Gasteiger partial charge in [0.1, 0.15) is 6.07 Å². The van der Waals surface area contributed by atoms with Crippen LogP contribution in [0.5, 0.6) is 0 Å². The van der Waals surface area contributed by atoms with E-state index in [0.717, 1.165) is 42.3 Å². The number of carbonyl (C=O) groups is 1. The fourth-order valence-electron chi connectivity index (χ4n) is 5.30. The van der Waals surface area contributed by atoms with Crippen LogP contribution in [0.25, 0.3) is 16.7 Å². The zero-order valence-electron chi connectivity index (χ0n) is 20.9. The average Bonchev–Trinajstić information content (AvgIpc) is 3.17. The van der Waals surface area contributed by atoms with E-state index in [1.54, 1.807) is 17.6 Å². The van der Waals surface area contributed by atoms with Crippen molar-refractivity contribution in [3.63, 3.8) is 0 Å². The first-order chi connectivity index (χ1) is 17.9. The first kappa shape index (κ1) is 24.8. The minimum Gasteiger partial charge on any atom is -0.349 e. The van der Waals surface area contributed by atoms with Gasteiger partial charge in [-0.2, -0.15) is 5.26 Å². The summed E-state index contributed by atoms with van der Waals surface area (Å²) in [6.45, 7) is 4.33. The van der Waals surface area contributed by atoms with Crippen LogP contribution >= 0.6 is 11.6 Å². The van der Waals surface area contributed by atoms with Gasteiger partial charge in [0.15, 0.2) is 0 Å². The van der Waals surface area contributed by atoms with E-state index in [0.29, 0.717) is 40.0 Å². The highest BCUT2D eigenvalue weighted by Gasteiger charge is 2.26. The van der Waals surface area contributed by atoms with Gasteiger partial charge < -0.3 is 5.32 Å². The predicted molar refractivity (Wildman–Crippen MR) is 144 cm³/mol. The number of rotatable bonds is 5. The summed E-state index contributed by atoms with van der Waals surface area (Å²) in [5.74, 6) is 0.162. The topological polar surface area (TPSA) is 92.7 Å². The Hall–Kier alpha value is -3.89. The van der Waals surface area contributed by atoms with Crippen LogP contribution in [0.15, 0.2) is 59.5 Å². The van der Waals surface area contributed by atoms with Gasteiger partial charge in [0.25, 0.3) is 5.91 Å². The van der Waals surface area contributed by atoms with Gasteiger partial charge in [0.2, 0.25) is 0 Å². The molecule has 2 heterocycles. The third-order valence-electron chi connectivity index (χ3n) is 7.27. The van der Waals surface area contributed by atoms with E-state index in [1.165, 1.54) is 6.20 Å². The molecule has 0 bridgehead atoms. The molecule has 0 saturated heterocycles. The van der Waals surface area contributed by atoms with Crippen molar-refractivity contribution < 1.29 is 4.79 Å². The fourth-order valence-corrected chi connectivity index (χ4v) is 5.46. The number of aromatic nitrogens is 3. The van der Waals surface area contributed by atoms with Gasteiger partial charge >= 0.3 is 5.69 Å². The number of halogens is 1. The van der Waals surface area contributed by atoms with Crippen LogP contribution in [-0.2, 0) is 6.54 Å². The zero-order chi connectivity index (χ0) is 26.1. The maximum absolute atomic E-state index is 13.7. The number of pyridine rings is 1. The van der Waals surface area contributed by atoms with Crippen molar-refractivity contribution in [3.05, 3.63) is 92.6 Å². The van der Waals surface area contributed by atoms with E-state index >= 15 is 0 Å². The molecule has 0 atom stereocenters. The lowest BCUT2D eigenvalue weighted by atomic mass is 9.85. The second kappa shape index (κ2) is 10.2. The summed E-state index contributed by atoms with van der Waals surface area (Å²) in [6.07, 6.45) is 5.02. The first-order valence-corrected chi connectivity index (χ1v) is 12.9. The second-order valence-corrected chi connectivity index (χ2v) is 10.3. The molecule has 1 aliphatic carbocycles. The van der Waals surface area contributed by atoms with Gasteiger partial charge in [0.05, 0.1) is 38.6 Å². The molecule has 0 unspecified atom stereocenters. The van der Waals surface area contributed by atoms with Crippen LogP contribution in [-0.4, -0.2) is 26.1 Å². The maximum atomic E-state index is 13.7. The zero-order valence-corrected chi connectivity index (χ0v) is 21.6. The molecular formula is C29H28ClN5O2. The van der Waals surface area contributed by atoms with Crippen molar-refractivity contribution in [1.82, 2.24) is 19.4 Å². The van der Waals surface area contributed by atoms with E-state index in [-0.39, 0.29) is 17.6 Å². The van der Waals surface area contributed by atoms with Crippen LogP contribution in [0.1, 0.15) is 52.9 Å². The van der Waals surface area contributed by atoms with Crippen LogP contribution in [0, 0.1) is 31.1 Å². The Balaban J connectivity index is 1.34. The van der Waals surface area contributed by atoms with Crippen molar-refractivity contribution in [2.45, 2.75) is 52.1 Å². The molecule has 1 amide bonds. The molecule has 1 aliphatic rings. The number of amides is 1. The van der Waals surface area contributed by atoms with Crippen LogP contribution in [0.3, 0.4) is 0 Å². The normalized spacial score (nSPS) is 17.5. The highest BCUT2D eigenvalue weighted by atomic mass is 35.5. The number of benzene rings is 2. The highest BCUT2D eigenvalue weighted by Crippen LogP contribution is 2.28. The SMILES string of the molecule is Cc1ccc(-n2c(=O)n(C[C@H]3CC[C@H](NC(=O)c4cc(Cl)cnc4C)CC3)c3ccccc32)c(C#N)c1. The van der Waals surface area contributed by atoms with Gasteiger partial charge in [0, 0.05) is 18.8 Å². The van der Waals surface area contributed by atoms with Crippen molar-refractivity contribution in [2.75, 3.05) is 0 Å². The summed E-state index contributed by atoms with van der Waals surface area (Å²) in [5, 5.41) is 13.3. The molecule has 1 N–H and O–H groups in total. The number of imidazole rings is 1. The molecule has 8 heteroatoms. The molecule has 0 radical (unpaired) electrons. The van der Waals surface area contributed by atoms with Crippen LogP contribution < -0.4 is 11.0 Å². The highest BCUT2D eigenvalue weighted by molar-refractivity contribution is 6.30. The van der Waals surface area contributed by atoms with Crippen LogP contribution in [0.4, 0.5) is 0 Å². The predicted octanol–water partition coefficient (Wildman–Crippen LogP) is 5.32. The number of hydrogen-bond donors (Lipinski definition) is 1. The first-order valence-electron chi connectivity index (χ1n) is 12.5. The Labute approximate surface area is 220 Å². The van der Waals surface area contributed by atoms with E-state index in [9.17, 15) is 14.9 Å². The molecule has 0 aliphatic heterocycles. The molecule has 2 aromatic heterocycles. The van der Waals surface area contributed by atoms with E-state index in [4.69, 9.17) is 11.6 Å². The summed E-state index contributed by atoms with van der Waals surface area (Å²) in [7, 11) is 0. The molecule has 5 rings (SSSR count). The van der Waals surface area contributed by atoms with Crippen LogP contribution in [0.2, 0.25) is 5.02 Å². The molecule has 37 heavy (non-hydrogen) atoms.